The molecule has 1 aliphatic rings. The summed E-state index contributed by atoms with van der Waals surface area (Å²) in [6.07, 6.45) is 3.76. The molecule has 7 heteroatoms. The maximum Gasteiger partial charge on any atom is 0.335 e. The maximum absolute atomic E-state index is 12.1. The summed E-state index contributed by atoms with van der Waals surface area (Å²) < 4.78 is 5.93. The van der Waals surface area contributed by atoms with Crippen LogP contribution in [0, 0.1) is 0 Å². The number of nitrogens with zero attached hydrogens (tertiary/aromatic N) is 1. The number of H-pyrrole nitrogens is 1. The minimum absolute atomic E-state index is 0.150. The number of ether oxygens (including phenoxy) is 1. The van der Waals surface area contributed by atoms with Gasteiger partial charge in [0.1, 0.15) is 5.75 Å². The zero-order valence-electron chi connectivity index (χ0n) is 14.4. The summed E-state index contributed by atoms with van der Waals surface area (Å²) in [5.41, 5.74) is 1.10. The highest BCUT2D eigenvalue weighted by Crippen LogP contribution is 2.29. The first-order chi connectivity index (χ1) is 13.0. The van der Waals surface area contributed by atoms with Gasteiger partial charge in [0.15, 0.2) is 0 Å². The number of aromatic amines is 1. The monoisotopic (exact) mass is 384 g/mol. The Labute approximate surface area is 159 Å². The molecule has 1 saturated carbocycles. The zero-order chi connectivity index (χ0) is 19.0. The van der Waals surface area contributed by atoms with Crippen LogP contribution >= 0.6 is 11.6 Å². The van der Waals surface area contributed by atoms with Crippen LogP contribution in [0.25, 0.3) is 10.8 Å². The minimum atomic E-state index is -1.02. The molecule has 3 aromatic rings. The van der Waals surface area contributed by atoms with Crippen LogP contribution in [-0.4, -0.2) is 27.4 Å². The summed E-state index contributed by atoms with van der Waals surface area (Å²) in [6, 6.07) is 9.87. The number of nitrogens with one attached hydrogen (secondary N) is 1. The van der Waals surface area contributed by atoms with E-state index < -0.39 is 5.97 Å². The molecule has 138 valence electrons. The molecule has 0 radical (unpaired) electrons. The third kappa shape index (κ3) is 3.53. The molecular weight excluding hydrogens is 368 g/mol. The predicted octanol–water partition coefficient (Wildman–Crippen LogP) is 3.80. The van der Waals surface area contributed by atoms with Gasteiger partial charge in [-0.05, 0) is 61.2 Å². The highest BCUT2D eigenvalue weighted by Gasteiger charge is 2.20. The molecule has 0 atom stereocenters. The van der Waals surface area contributed by atoms with Crippen molar-refractivity contribution in [1.82, 2.24) is 10.2 Å². The standard InChI is InChI=1S/C20H17ClN2O4/c21-17-7-4-11(20(25)26)8-12(17)9-18-16-10-14(27-13-2-1-3-13)5-6-15(16)19(24)23-22-18/h4-8,10,13H,1-3,9H2,(H,23,24)(H,25,26). The summed E-state index contributed by atoms with van der Waals surface area (Å²) in [4.78, 5) is 23.4. The third-order valence-corrected chi connectivity index (χ3v) is 5.21. The van der Waals surface area contributed by atoms with E-state index in [1.54, 1.807) is 18.2 Å². The third-order valence-electron chi connectivity index (χ3n) is 4.84. The fraction of sp³-hybridized carbons (Fsp3) is 0.250. The van der Waals surface area contributed by atoms with E-state index in [1.807, 2.05) is 6.07 Å². The Hall–Kier alpha value is -2.86. The summed E-state index contributed by atoms with van der Waals surface area (Å²) in [5.74, 6) is -0.324. The molecule has 1 fully saturated rings. The Morgan fingerprint density at radius 3 is 2.74 bits per heavy atom. The fourth-order valence-corrected chi connectivity index (χ4v) is 3.30. The largest absolute Gasteiger partial charge is 0.490 e. The number of fused-ring (bicyclic) bond motifs is 1. The molecule has 4 rings (SSSR count). The average Bonchev–Trinajstić information content (AvgIpc) is 2.62. The molecule has 1 aromatic heterocycles. The van der Waals surface area contributed by atoms with Crippen molar-refractivity contribution in [2.75, 3.05) is 0 Å². The van der Waals surface area contributed by atoms with Crippen LogP contribution in [0.2, 0.25) is 5.02 Å². The average molecular weight is 385 g/mol. The number of benzene rings is 2. The molecule has 0 spiro atoms. The second-order valence-electron chi connectivity index (χ2n) is 6.67. The smallest absolute Gasteiger partial charge is 0.335 e. The van der Waals surface area contributed by atoms with E-state index in [2.05, 4.69) is 10.2 Å². The molecule has 0 unspecified atom stereocenters. The van der Waals surface area contributed by atoms with Crippen LogP contribution in [0.1, 0.15) is 40.9 Å². The summed E-state index contributed by atoms with van der Waals surface area (Å²) >= 11 is 6.24. The molecule has 0 saturated heterocycles. The van der Waals surface area contributed by atoms with Crippen molar-refractivity contribution in [2.45, 2.75) is 31.8 Å². The number of hydrogen-bond donors (Lipinski definition) is 2. The number of aromatic nitrogens is 2. The Bertz CT molecular complexity index is 1090. The van der Waals surface area contributed by atoms with Gasteiger partial charge in [-0.3, -0.25) is 4.79 Å². The first-order valence-corrected chi connectivity index (χ1v) is 9.09. The van der Waals surface area contributed by atoms with Crippen LogP contribution in [0.5, 0.6) is 5.75 Å². The molecule has 2 N–H and O–H groups in total. The van der Waals surface area contributed by atoms with Crippen molar-refractivity contribution < 1.29 is 14.6 Å². The second-order valence-corrected chi connectivity index (χ2v) is 7.07. The molecule has 27 heavy (non-hydrogen) atoms. The van der Waals surface area contributed by atoms with Gasteiger partial charge in [0.05, 0.1) is 22.7 Å². The second kappa shape index (κ2) is 7.04. The van der Waals surface area contributed by atoms with Crippen molar-refractivity contribution in [1.29, 1.82) is 0 Å². The van der Waals surface area contributed by atoms with Gasteiger partial charge in [-0.15, -0.1) is 0 Å². The number of carboxylic acid groups (broad SMARTS) is 1. The van der Waals surface area contributed by atoms with Crippen LogP contribution in [0.4, 0.5) is 0 Å². The molecule has 1 aliphatic carbocycles. The Morgan fingerprint density at radius 1 is 1.22 bits per heavy atom. The van der Waals surface area contributed by atoms with E-state index in [4.69, 9.17) is 16.3 Å². The van der Waals surface area contributed by atoms with Gasteiger partial charge in [-0.25, -0.2) is 9.89 Å². The van der Waals surface area contributed by atoms with Crippen LogP contribution in [0.3, 0.4) is 0 Å². The topological polar surface area (TPSA) is 92.3 Å². The molecule has 2 aromatic carbocycles. The molecule has 0 bridgehead atoms. The van der Waals surface area contributed by atoms with Gasteiger partial charge in [0.25, 0.3) is 5.56 Å². The fourth-order valence-electron chi connectivity index (χ4n) is 3.11. The lowest BCUT2D eigenvalue weighted by Crippen LogP contribution is -2.24. The minimum Gasteiger partial charge on any atom is -0.490 e. The van der Waals surface area contributed by atoms with Crippen molar-refractivity contribution in [3.63, 3.8) is 0 Å². The Kier molecular flexibility index (Phi) is 4.58. The number of hydrogen-bond acceptors (Lipinski definition) is 4. The van der Waals surface area contributed by atoms with Crippen molar-refractivity contribution >= 4 is 28.3 Å². The van der Waals surface area contributed by atoms with Gasteiger partial charge in [-0.2, -0.15) is 5.10 Å². The molecule has 1 heterocycles. The molecule has 0 amide bonds. The lowest BCUT2D eigenvalue weighted by Gasteiger charge is -2.26. The number of carbonyl (C=O) groups is 1. The van der Waals surface area contributed by atoms with Crippen LogP contribution < -0.4 is 10.3 Å². The zero-order valence-corrected chi connectivity index (χ0v) is 15.1. The molecular formula is C20H17ClN2O4. The van der Waals surface area contributed by atoms with Gasteiger partial charge in [-0.1, -0.05) is 11.6 Å². The van der Waals surface area contributed by atoms with E-state index in [1.165, 1.54) is 18.6 Å². The lowest BCUT2D eigenvalue weighted by atomic mass is 9.96. The van der Waals surface area contributed by atoms with Gasteiger partial charge in [0, 0.05) is 16.8 Å². The quantitative estimate of drug-likeness (QED) is 0.698. The number of halogens is 1. The summed E-state index contributed by atoms with van der Waals surface area (Å²) in [6.45, 7) is 0. The Balaban J connectivity index is 1.75. The van der Waals surface area contributed by atoms with Crippen LogP contribution in [0.15, 0.2) is 41.2 Å². The summed E-state index contributed by atoms with van der Waals surface area (Å²) in [7, 11) is 0. The molecule has 0 aliphatic heterocycles. The van der Waals surface area contributed by atoms with Crippen molar-refractivity contribution in [3.8, 4) is 5.75 Å². The highest BCUT2D eigenvalue weighted by molar-refractivity contribution is 6.31. The maximum atomic E-state index is 12.1. The number of aromatic carboxylic acids is 1. The molecule has 6 nitrogen and oxygen atoms in total. The SMILES string of the molecule is O=C(O)c1ccc(Cl)c(Cc2n[nH]c(=O)c3ccc(OC4CCC4)cc23)c1. The van der Waals surface area contributed by atoms with Crippen molar-refractivity contribution in [3.05, 3.63) is 68.6 Å². The summed E-state index contributed by atoms with van der Waals surface area (Å²) in [5, 5.41) is 17.5. The van der Waals surface area contributed by atoms with E-state index in [0.717, 1.165) is 12.8 Å². The van der Waals surface area contributed by atoms with E-state index >= 15 is 0 Å². The van der Waals surface area contributed by atoms with Crippen molar-refractivity contribution in [2.24, 2.45) is 0 Å². The van der Waals surface area contributed by atoms with Gasteiger partial charge >= 0.3 is 5.97 Å². The van der Waals surface area contributed by atoms with Gasteiger partial charge in [0.2, 0.25) is 0 Å². The highest BCUT2D eigenvalue weighted by atomic mass is 35.5. The van der Waals surface area contributed by atoms with E-state index in [9.17, 15) is 14.7 Å². The normalized spacial score (nSPS) is 14.1. The number of carboxylic acids is 1. The first kappa shape index (κ1) is 17.5. The predicted molar refractivity (Wildman–Crippen MR) is 102 cm³/mol. The Morgan fingerprint density at radius 2 is 2.04 bits per heavy atom. The van der Waals surface area contributed by atoms with Gasteiger partial charge < -0.3 is 9.84 Å². The van der Waals surface area contributed by atoms with Crippen LogP contribution in [-0.2, 0) is 6.42 Å². The van der Waals surface area contributed by atoms with E-state index in [-0.39, 0.29) is 17.2 Å². The first-order valence-electron chi connectivity index (χ1n) is 8.71. The number of rotatable bonds is 5. The van der Waals surface area contributed by atoms with E-state index in [0.29, 0.717) is 39.2 Å². The lowest BCUT2D eigenvalue weighted by molar-refractivity contribution is 0.0696.